The van der Waals surface area contributed by atoms with Gasteiger partial charge in [-0.3, -0.25) is 0 Å². The van der Waals surface area contributed by atoms with Crippen molar-refractivity contribution in [2.75, 3.05) is 5.32 Å². The van der Waals surface area contributed by atoms with E-state index in [1.807, 2.05) is 38.1 Å². The molecule has 0 unspecified atom stereocenters. The molecule has 28 heavy (non-hydrogen) atoms. The van der Waals surface area contributed by atoms with Crippen molar-refractivity contribution in [1.29, 1.82) is 0 Å². The minimum Gasteiger partial charge on any atom is -0.491 e. The Hall–Kier alpha value is -2.45. The van der Waals surface area contributed by atoms with Gasteiger partial charge in [-0.15, -0.1) is 0 Å². The smallest absolute Gasteiger partial charge is 0.119 e. The first-order chi connectivity index (χ1) is 13.5. The summed E-state index contributed by atoms with van der Waals surface area (Å²) in [5.74, 6) is 0.889. The number of nitrogens with one attached hydrogen (secondary N) is 1. The van der Waals surface area contributed by atoms with Crippen LogP contribution in [0.5, 0.6) is 5.75 Å². The second kappa shape index (κ2) is 9.66. The second-order valence-electron chi connectivity index (χ2n) is 7.36. The van der Waals surface area contributed by atoms with Gasteiger partial charge < -0.3 is 10.1 Å². The molecule has 0 saturated carbocycles. The zero-order valence-corrected chi connectivity index (χ0v) is 17.6. The van der Waals surface area contributed by atoms with E-state index in [2.05, 4.69) is 54.7 Å². The molecule has 0 aromatic heterocycles. The molecule has 0 amide bonds. The molecule has 0 saturated heterocycles. The molecule has 3 rings (SSSR count). The van der Waals surface area contributed by atoms with Gasteiger partial charge in [0.05, 0.1) is 6.10 Å². The normalized spacial score (nSPS) is 10.9. The molecular weight excluding hydrogens is 366 g/mol. The molecule has 0 fully saturated rings. The molecule has 3 heteroatoms. The van der Waals surface area contributed by atoms with E-state index in [4.69, 9.17) is 16.3 Å². The Labute approximate surface area is 173 Å². The first kappa shape index (κ1) is 20.3. The zero-order valence-electron chi connectivity index (χ0n) is 16.8. The molecule has 0 aliphatic carbocycles. The van der Waals surface area contributed by atoms with Crippen LogP contribution in [0.2, 0.25) is 5.02 Å². The number of benzene rings is 3. The number of aryl methyl sites for hydroxylation is 1. The molecule has 146 valence electrons. The monoisotopic (exact) mass is 393 g/mol. The molecule has 0 aliphatic heterocycles. The molecule has 2 nitrogen and oxygen atoms in total. The number of hydrogen-bond donors (Lipinski definition) is 1. The van der Waals surface area contributed by atoms with Crippen LogP contribution in [0.3, 0.4) is 0 Å². The summed E-state index contributed by atoms with van der Waals surface area (Å²) in [5, 5.41) is 4.34. The van der Waals surface area contributed by atoms with Crippen molar-refractivity contribution in [2.45, 2.75) is 46.1 Å². The summed E-state index contributed by atoms with van der Waals surface area (Å²) in [5.41, 5.74) is 6.10. The molecule has 0 radical (unpaired) electrons. The molecule has 0 heterocycles. The van der Waals surface area contributed by atoms with E-state index in [1.54, 1.807) is 0 Å². The van der Waals surface area contributed by atoms with Crippen molar-refractivity contribution in [3.8, 4) is 5.75 Å². The predicted molar refractivity (Wildman–Crippen MR) is 120 cm³/mol. The van der Waals surface area contributed by atoms with Crippen LogP contribution >= 0.6 is 11.6 Å². The fourth-order valence-electron chi connectivity index (χ4n) is 3.23. The molecule has 0 atom stereocenters. The summed E-state index contributed by atoms with van der Waals surface area (Å²) < 4.78 is 5.74. The van der Waals surface area contributed by atoms with Crippen LogP contribution in [0.25, 0.3) is 0 Å². The lowest BCUT2D eigenvalue weighted by molar-refractivity contribution is 0.242. The van der Waals surface area contributed by atoms with Gasteiger partial charge in [-0.05, 0) is 85.8 Å². The maximum absolute atomic E-state index is 6.04. The van der Waals surface area contributed by atoms with Crippen LogP contribution in [0.1, 0.15) is 43.9 Å². The summed E-state index contributed by atoms with van der Waals surface area (Å²) in [6, 6.07) is 22.9. The molecule has 3 aromatic rings. The lowest BCUT2D eigenvalue weighted by Gasteiger charge is -2.15. The number of rotatable bonds is 8. The third-order valence-electron chi connectivity index (χ3n) is 4.52. The maximum Gasteiger partial charge on any atom is 0.119 e. The van der Waals surface area contributed by atoms with Gasteiger partial charge in [0, 0.05) is 16.4 Å². The van der Waals surface area contributed by atoms with E-state index >= 15 is 0 Å². The van der Waals surface area contributed by atoms with Crippen LogP contribution in [-0.2, 0) is 12.8 Å². The lowest BCUT2D eigenvalue weighted by atomic mass is 9.99. The zero-order chi connectivity index (χ0) is 19.9. The first-order valence-electron chi connectivity index (χ1n) is 9.93. The van der Waals surface area contributed by atoms with Gasteiger partial charge in [-0.25, -0.2) is 0 Å². The summed E-state index contributed by atoms with van der Waals surface area (Å²) in [6.45, 7) is 6.28. The van der Waals surface area contributed by atoms with Gasteiger partial charge in [-0.1, -0.05) is 49.2 Å². The van der Waals surface area contributed by atoms with Crippen molar-refractivity contribution in [1.82, 2.24) is 0 Å². The first-order valence-corrected chi connectivity index (χ1v) is 10.3. The lowest BCUT2D eigenvalue weighted by Crippen LogP contribution is -2.05. The van der Waals surface area contributed by atoms with E-state index in [0.29, 0.717) is 0 Å². The van der Waals surface area contributed by atoms with E-state index in [0.717, 1.165) is 41.4 Å². The predicted octanol–water partition coefficient (Wildman–Crippen LogP) is 7.41. The standard InChI is InChI=1S/C25H28ClNO/c1-4-5-19-8-15-25(21(16-19)17-20-6-9-22(26)10-7-20)27-23-11-13-24(14-12-23)28-18(2)3/h6-16,18,27H,4-5,17H2,1-3H3. The third kappa shape index (κ3) is 5.77. The van der Waals surface area contributed by atoms with Gasteiger partial charge in [0.2, 0.25) is 0 Å². The summed E-state index contributed by atoms with van der Waals surface area (Å²) >= 11 is 6.04. The minimum absolute atomic E-state index is 0.177. The molecule has 1 N–H and O–H groups in total. The minimum atomic E-state index is 0.177. The number of anilines is 2. The highest BCUT2D eigenvalue weighted by Gasteiger charge is 2.07. The summed E-state index contributed by atoms with van der Waals surface area (Å²) in [7, 11) is 0. The van der Waals surface area contributed by atoms with Crippen LogP contribution in [-0.4, -0.2) is 6.10 Å². The number of halogens is 1. The van der Waals surface area contributed by atoms with Crippen molar-refractivity contribution < 1.29 is 4.74 Å². The Morgan fingerprint density at radius 2 is 1.57 bits per heavy atom. The largest absolute Gasteiger partial charge is 0.491 e. The van der Waals surface area contributed by atoms with Gasteiger partial charge in [0.25, 0.3) is 0 Å². The average Bonchev–Trinajstić information content (AvgIpc) is 2.67. The van der Waals surface area contributed by atoms with Gasteiger partial charge >= 0.3 is 0 Å². The SMILES string of the molecule is CCCc1ccc(Nc2ccc(OC(C)C)cc2)c(Cc2ccc(Cl)cc2)c1. The topological polar surface area (TPSA) is 21.3 Å². The molecule has 0 aliphatic rings. The Morgan fingerprint density at radius 1 is 0.893 bits per heavy atom. The van der Waals surface area contributed by atoms with E-state index < -0.39 is 0 Å². The third-order valence-corrected chi connectivity index (χ3v) is 4.77. The fraction of sp³-hybridized carbons (Fsp3) is 0.280. The van der Waals surface area contributed by atoms with E-state index in [1.165, 1.54) is 16.7 Å². The molecular formula is C25H28ClNO. The molecule has 0 bridgehead atoms. The summed E-state index contributed by atoms with van der Waals surface area (Å²) in [6.07, 6.45) is 3.28. The van der Waals surface area contributed by atoms with Crippen LogP contribution in [0.4, 0.5) is 11.4 Å². The van der Waals surface area contributed by atoms with Crippen LogP contribution in [0.15, 0.2) is 66.7 Å². The van der Waals surface area contributed by atoms with Crippen LogP contribution in [0, 0.1) is 0 Å². The van der Waals surface area contributed by atoms with E-state index in [9.17, 15) is 0 Å². The van der Waals surface area contributed by atoms with E-state index in [-0.39, 0.29) is 6.10 Å². The Morgan fingerprint density at radius 3 is 2.21 bits per heavy atom. The molecule has 0 spiro atoms. The highest BCUT2D eigenvalue weighted by molar-refractivity contribution is 6.30. The average molecular weight is 394 g/mol. The Bertz CT molecular complexity index is 885. The highest BCUT2D eigenvalue weighted by Crippen LogP contribution is 2.27. The van der Waals surface area contributed by atoms with Gasteiger partial charge in [0.15, 0.2) is 0 Å². The van der Waals surface area contributed by atoms with Crippen molar-refractivity contribution in [2.24, 2.45) is 0 Å². The number of hydrogen-bond acceptors (Lipinski definition) is 2. The second-order valence-corrected chi connectivity index (χ2v) is 7.80. The quantitative estimate of drug-likeness (QED) is 0.430. The fourth-order valence-corrected chi connectivity index (χ4v) is 3.35. The highest BCUT2D eigenvalue weighted by atomic mass is 35.5. The summed E-state index contributed by atoms with van der Waals surface area (Å²) in [4.78, 5) is 0. The molecule has 3 aromatic carbocycles. The number of ether oxygens (including phenoxy) is 1. The van der Waals surface area contributed by atoms with Crippen molar-refractivity contribution >= 4 is 23.0 Å². The van der Waals surface area contributed by atoms with Gasteiger partial charge in [-0.2, -0.15) is 0 Å². The maximum atomic E-state index is 6.04. The van der Waals surface area contributed by atoms with Gasteiger partial charge in [0.1, 0.15) is 5.75 Å². The van der Waals surface area contributed by atoms with Crippen molar-refractivity contribution in [3.05, 3.63) is 88.4 Å². The van der Waals surface area contributed by atoms with Crippen LogP contribution < -0.4 is 10.1 Å². The Balaban J connectivity index is 1.83. The van der Waals surface area contributed by atoms with Crippen molar-refractivity contribution in [3.63, 3.8) is 0 Å². The Kier molecular flexibility index (Phi) is 7.00.